The third-order valence-corrected chi connectivity index (χ3v) is 2.94. The second-order valence-corrected chi connectivity index (χ2v) is 4.14. The Labute approximate surface area is 92.6 Å². The molecule has 0 aliphatic heterocycles. The highest BCUT2D eigenvalue weighted by Crippen LogP contribution is 2.35. The minimum Gasteiger partial charge on any atom is -0.396 e. The van der Waals surface area contributed by atoms with Gasteiger partial charge in [-0.1, -0.05) is 23.4 Å². The number of thioether (sulfide) groups is 1. The SMILES string of the molecule is Nc1cc(SC(F)C(F)F)c(Cl)cc1F. The van der Waals surface area contributed by atoms with Crippen molar-refractivity contribution in [2.45, 2.75) is 16.8 Å². The van der Waals surface area contributed by atoms with Gasteiger partial charge < -0.3 is 5.73 Å². The Morgan fingerprint density at radius 3 is 2.40 bits per heavy atom. The van der Waals surface area contributed by atoms with Crippen LogP contribution in [-0.4, -0.2) is 11.9 Å². The van der Waals surface area contributed by atoms with Crippen molar-refractivity contribution < 1.29 is 17.6 Å². The molecule has 1 rings (SSSR count). The lowest BCUT2D eigenvalue weighted by atomic mass is 10.3. The van der Waals surface area contributed by atoms with E-state index < -0.39 is 17.7 Å². The third-order valence-electron chi connectivity index (χ3n) is 1.49. The molecule has 0 spiro atoms. The van der Waals surface area contributed by atoms with E-state index >= 15 is 0 Å². The van der Waals surface area contributed by atoms with E-state index in [0.717, 1.165) is 12.1 Å². The van der Waals surface area contributed by atoms with Gasteiger partial charge in [-0.05, 0) is 12.1 Å². The number of benzene rings is 1. The molecule has 0 radical (unpaired) electrons. The fourth-order valence-electron chi connectivity index (χ4n) is 0.808. The molecule has 1 nitrogen and oxygen atoms in total. The molecular formula is C8H6ClF4NS. The molecule has 0 amide bonds. The van der Waals surface area contributed by atoms with Crippen molar-refractivity contribution >= 4 is 29.1 Å². The molecule has 0 aromatic heterocycles. The second kappa shape index (κ2) is 4.94. The molecule has 1 aromatic rings. The smallest absolute Gasteiger partial charge is 0.278 e. The zero-order valence-corrected chi connectivity index (χ0v) is 8.76. The summed E-state index contributed by atoms with van der Waals surface area (Å²) in [6.07, 6.45) is -3.13. The summed E-state index contributed by atoms with van der Waals surface area (Å²) in [7, 11) is 0. The lowest BCUT2D eigenvalue weighted by molar-refractivity contribution is 0.0953. The summed E-state index contributed by atoms with van der Waals surface area (Å²) in [5, 5.41) is -0.144. The number of rotatable bonds is 3. The van der Waals surface area contributed by atoms with Crippen LogP contribution in [0, 0.1) is 5.82 Å². The Balaban J connectivity index is 2.91. The number of nitrogens with two attached hydrogens (primary N) is 1. The van der Waals surface area contributed by atoms with Crippen LogP contribution in [0.3, 0.4) is 0 Å². The van der Waals surface area contributed by atoms with E-state index in [2.05, 4.69) is 0 Å². The zero-order chi connectivity index (χ0) is 11.6. The van der Waals surface area contributed by atoms with Gasteiger partial charge >= 0.3 is 0 Å². The Morgan fingerprint density at radius 1 is 1.27 bits per heavy atom. The molecule has 15 heavy (non-hydrogen) atoms. The quantitative estimate of drug-likeness (QED) is 0.509. The lowest BCUT2D eigenvalue weighted by Gasteiger charge is -2.09. The first-order valence-electron chi connectivity index (χ1n) is 3.75. The third kappa shape index (κ3) is 3.17. The average Bonchev–Trinajstić information content (AvgIpc) is 2.13. The van der Waals surface area contributed by atoms with Crippen LogP contribution in [-0.2, 0) is 0 Å². The summed E-state index contributed by atoms with van der Waals surface area (Å²) < 4.78 is 49.2. The maximum atomic E-state index is 12.8. The van der Waals surface area contributed by atoms with Crippen molar-refractivity contribution in [2.24, 2.45) is 0 Å². The summed E-state index contributed by atoms with van der Waals surface area (Å²) in [6, 6.07) is 1.88. The standard InChI is InChI=1S/C8H6ClF4NS/c9-3-1-4(10)5(14)2-6(3)15-8(13)7(11)12/h1-2,7-8H,14H2. The summed E-state index contributed by atoms with van der Waals surface area (Å²) in [5.41, 5.74) is 2.51. The van der Waals surface area contributed by atoms with Crippen LogP contribution < -0.4 is 5.73 Å². The lowest BCUT2D eigenvalue weighted by Crippen LogP contribution is -2.06. The van der Waals surface area contributed by atoms with Gasteiger partial charge in [-0.3, -0.25) is 0 Å². The molecule has 0 fully saturated rings. The molecule has 1 atom stereocenters. The number of anilines is 1. The zero-order valence-electron chi connectivity index (χ0n) is 7.18. The number of halogens is 5. The first-order chi connectivity index (χ1) is 6.91. The summed E-state index contributed by atoms with van der Waals surface area (Å²) in [5.74, 6) is -0.767. The van der Waals surface area contributed by atoms with Gasteiger partial charge in [-0.15, -0.1) is 0 Å². The first kappa shape index (κ1) is 12.4. The summed E-state index contributed by atoms with van der Waals surface area (Å²) >= 11 is 5.73. The summed E-state index contributed by atoms with van der Waals surface area (Å²) in [6.45, 7) is 0. The molecule has 1 aromatic carbocycles. The maximum Gasteiger partial charge on any atom is 0.278 e. The molecule has 0 aliphatic rings. The predicted molar refractivity (Wildman–Crippen MR) is 52.6 cm³/mol. The first-order valence-corrected chi connectivity index (χ1v) is 5.01. The minimum absolute atomic E-state index is 0.0108. The van der Waals surface area contributed by atoms with Crippen molar-refractivity contribution in [2.75, 3.05) is 5.73 Å². The number of hydrogen-bond acceptors (Lipinski definition) is 2. The topological polar surface area (TPSA) is 26.0 Å². The second-order valence-electron chi connectivity index (χ2n) is 2.61. The molecular weight excluding hydrogens is 254 g/mol. The van der Waals surface area contributed by atoms with Gasteiger partial charge in [0.2, 0.25) is 5.50 Å². The Kier molecular flexibility index (Phi) is 4.10. The minimum atomic E-state index is -3.13. The molecule has 2 N–H and O–H groups in total. The van der Waals surface area contributed by atoms with Crippen molar-refractivity contribution in [1.82, 2.24) is 0 Å². The number of nitrogen functional groups attached to an aromatic ring is 1. The van der Waals surface area contributed by atoms with E-state index in [1.165, 1.54) is 0 Å². The molecule has 0 aliphatic carbocycles. The molecule has 0 saturated heterocycles. The molecule has 7 heteroatoms. The highest BCUT2D eigenvalue weighted by Gasteiger charge is 2.22. The van der Waals surface area contributed by atoms with Gasteiger partial charge in [0.1, 0.15) is 5.82 Å². The van der Waals surface area contributed by atoms with Crippen molar-refractivity contribution in [3.05, 3.63) is 23.0 Å². The largest absolute Gasteiger partial charge is 0.396 e. The fraction of sp³-hybridized carbons (Fsp3) is 0.250. The van der Waals surface area contributed by atoms with Crippen LogP contribution in [0.2, 0.25) is 5.02 Å². The van der Waals surface area contributed by atoms with Crippen molar-refractivity contribution in [3.8, 4) is 0 Å². The highest BCUT2D eigenvalue weighted by molar-refractivity contribution is 8.00. The van der Waals surface area contributed by atoms with E-state index in [1.807, 2.05) is 0 Å². The van der Waals surface area contributed by atoms with E-state index in [1.54, 1.807) is 0 Å². The Hall–Kier alpha value is -0.620. The van der Waals surface area contributed by atoms with Crippen LogP contribution in [0.4, 0.5) is 23.2 Å². The van der Waals surface area contributed by atoms with Gasteiger partial charge in [0.15, 0.2) is 0 Å². The fourth-order valence-corrected chi connectivity index (χ4v) is 1.80. The normalized spacial score (nSPS) is 13.2. The molecule has 84 valence electrons. The van der Waals surface area contributed by atoms with Gasteiger partial charge in [0.25, 0.3) is 6.43 Å². The monoisotopic (exact) mass is 259 g/mol. The van der Waals surface area contributed by atoms with E-state index in [4.69, 9.17) is 17.3 Å². The van der Waals surface area contributed by atoms with Crippen molar-refractivity contribution in [1.29, 1.82) is 0 Å². The van der Waals surface area contributed by atoms with Gasteiger partial charge in [0, 0.05) is 4.90 Å². The van der Waals surface area contributed by atoms with Gasteiger partial charge in [-0.25, -0.2) is 17.6 Å². The van der Waals surface area contributed by atoms with Gasteiger partial charge in [0.05, 0.1) is 10.7 Å². The van der Waals surface area contributed by atoms with Crippen LogP contribution in [0.15, 0.2) is 17.0 Å². The highest BCUT2D eigenvalue weighted by atomic mass is 35.5. The maximum absolute atomic E-state index is 12.8. The van der Waals surface area contributed by atoms with Crippen LogP contribution in [0.1, 0.15) is 0 Å². The molecule has 0 bridgehead atoms. The van der Waals surface area contributed by atoms with Crippen molar-refractivity contribution in [3.63, 3.8) is 0 Å². The van der Waals surface area contributed by atoms with Crippen LogP contribution >= 0.6 is 23.4 Å². The van der Waals surface area contributed by atoms with E-state index in [9.17, 15) is 17.6 Å². The average molecular weight is 260 g/mol. The van der Waals surface area contributed by atoms with Crippen LogP contribution in [0.25, 0.3) is 0 Å². The predicted octanol–water partition coefficient (Wildman–Crippen LogP) is 3.71. The van der Waals surface area contributed by atoms with E-state index in [-0.39, 0.29) is 27.4 Å². The van der Waals surface area contributed by atoms with E-state index in [0.29, 0.717) is 0 Å². The number of hydrogen-bond donors (Lipinski definition) is 1. The van der Waals surface area contributed by atoms with Crippen LogP contribution in [0.5, 0.6) is 0 Å². The number of alkyl halides is 3. The Bertz CT molecular complexity index is 361. The summed E-state index contributed by atoms with van der Waals surface area (Å²) in [4.78, 5) is -0.0108. The van der Waals surface area contributed by atoms with Gasteiger partial charge in [-0.2, -0.15) is 0 Å². The molecule has 0 heterocycles. The molecule has 1 unspecified atom stereocenters. The molecule has 0 saturated carbocycles. The Morgan fingerprint density at radius 2 is 1.87 bits per heavy atom.